The van der Waals surface area contributed by atoms with Crippen molar-refractivity contribution in [3.8, 4) is 0 Å². The van der Waals surface area contributed by atoms with Crippen LogP contribution in [0.3, 0.4) is 0 Å². The number of carbonyl (C=O) groups excluding carboxylic acids is 2. The molecule has 0 unspecified atom stereocenters. The van der Waals surface area contributed by atoms with E-state index in [2.05, 4.69) is 10.3 Å². The van der Waals surface area contributed by atoms with Gasteiger partial charge < -0.3 is 19.9 Å². The number of halogens is 1. The lowest BCUT2D eigenvalue weighted by Gasteiger charge is -2.23. The van der Waals surface area contributed by atoms with Gasteiger partial charge in [0.2, 0.25) is 0 Å². The summed E-state index contributed by atoms with van der Waals surface area (Å²) in [5.74, 6) is -0.363. The van der Waals surface area contributed by atoms with Crippen LogP contribution in [0.2, 0.25) is 5.02 Å². The number of urea groups is 1. The molecule has 0 saturated heterocycles. The molecule has 0 fully saturated rings. The highest BCUT2D eigenvalue weighted by atomic mass is 35.5. The maximum absolute atomic E-state index is 13.2. The third kappa shape index (κ3) is 5.51. The topological polar surface area (TPSA) is 74.4 Å². The summed E-state index contributed by atoms with van der Waals surface area (Å²) in [5, 5.41) is 3.52. The number of rotatable bonds is 7. The van der Waals surface area contributed by atoms with E-state index < -0.39 is 0 Å². The summed E-state index contributed by atoms with van der Waals surface area (Å²) < 4.78 is 5.19. The van der Waals surface area contributed by atoms with E-state index in [1.807, 2.05) is 63.2 Å². The van der Waals surface area contributed by atoms with Crippen molar-refractivity contribution in [3.05, 3.63) is 87.2 Å². The molecule has 0 aliphatic heterocycles. The molecular weight excluding hydrogens is 426 g/mol. The zero-order valence-electron chi connectivity index (χ0n) is 18.8. The number of anilines is 1. The number of benzene rings is 2. The van der Waals surface area contributed by atoms with Crippen molar-refractivity contribution in [2.45, 2.75) is 40.8 Å². The van der Waals surface area contributed by atoms with E-state index in [0.717, 1.165) is 28.1 Å². The number of amides is 2. The van der Waals surface area contributed by atoms with Crippen molar-refractivity contribution < 1.29 is 14.3 Å². The number of nitrogens with one attached hydrogen (secondary N) is 2. The van der Waals surface area contributed by atoms with Crippen LogP contribution in [0.1, 0.15) is 45.4 Å². The molecule has 2 amide bonds. The molecular formula is C25H28ClN3O3. The summed E-state index contributed by atoms with van der Waals surface area (Å²) in [6.07, 6.45) is 0. The number of H-pyrrole nitrogens is 1. The summed E-state index contributed by atoms with van der Waals surface area (Å²) >= 11 is 6.22. The molecule has 1 heterocycles. The van der Waals surface area contributed by atoms with Crippen LogP contribution in [0.5, 0.6) is 0 Å². The smallest absolute Gasteiger partial charge is 0.340 e. The third-order valence-corrected chi connectivity index (χ3v) is 5.70. The lowest BCUT2D eigenvalue weighted by Crippen LogP contribution is -2.34. The van der Waals surface area contributed by atoms with Crippen LogP contribution >= 0.6 is 11.6 Å². The number of nitrogens with zero attached hydrogens (tertiary/aromatic N) is 1. The number of aromatic nitrogens is 1. The van der Waals surface area contributed by atoms with E-state index in [4.69, 9.17) is 16.3 Å². The molecule has 3 aromatic rings. The maximum atomic E-state index is 13.2. The summed E-state index contributed by atoms with van der Waals surface area (Å²) in [6, 6.07) is 14.9. The Kier molecular flexibility index (Phi) is 7.59. The Hall–Kier alpha value is -3.25. The number of hydrogen-bond acceptors (Lipinski definition) is 3. The predicted molar refractivity (Wildman–Crippen MR) is 127 cm³/mol. The van der Waals surface area contributed by atoms with Crippen molar-refractivity contribution in [1.29, 1.82) is 0 Å². The number of carbonyl (C=O) groups is 2. The van der Waals surface area contributed by atoms with E-state index in [0.29, 0.717) is 36.0 Å². The van der Waals surface area contributed by atoms with Crippen molar-refractivity contribution >= 4 is 29.3 Å². The van der Waals surface area contributed by atoms with Gasteiger partial charge in [0.05, 0.1) is 18.7 Å². The highest BCUT2D eigenvalue weighted by molar-refractivity contribution is 6.31. The number of hydrogen-bond donors (Lipinski definition) is 2. The van der Waals surface area contributed by atoms with Gasteiger partial charge in [0.15, 0.2) is 0 Å². The van der Waals surface area contributed by atoms with Crippen molar-refractivity contribution in [2.75, 3.05) is 11.9 Å². The van der Waals surface area contributed by atoms with Gasteiger partial charge in [-0.05, 0) is 56.5 Å². The molecule has 2 N–H and O–H groups in total. The molecule has 1 aromatic heterocycles. The fraction of sp³-hybridized carbons (Fsp3) is 0.280. The molecule has 3 rings (SSSR count). The van der Waals surface area contributed by atoms with Gasteiger partial charge in [-0.3, -0.25) is 0 Å². The van der Waals surface area contributed by atoms with Gasteiger partial charge in [-0.25, -0.2) is 9.59 Å². The first-order valence-corrected chi connectivity index (χ1v) is 10.9. The van der Waals surface area contributed by atoms with Crippen LogP contribution in [-0.4, -0.2) is 28.5 Å². The average molecular weight is 454 g/mol. The molecule has 0 spiro atoms. The van der Waals surface area contributed by atoms with E-state index in [1.165, 1.54) is 0 Å². The maximum Gasteiger partial charge on any atom is 0.340 e. The number of aryl methyl sites for hydroxylation is 2. The lowest BCUT2D eigenvalue weighted by molar-refractivity contribution is 0.0525. The summed E-state index contributed by atoms with van der Waals surface area (Å²) in [4.78, 5) is 30.5. The molecule has 0 aliphatic carbocycles. The highest BCUT2D eigenvalue weighted by Crippen LogP contribution is 2.23. The molecule has 7 heteroatoms. The monoisotopic (exact) mass is 453 g/mol. The third-order valence-electron chi connectivity index (χ3n) is 5.30. The highest BCUT2D eigenvalue weighted by Gasteiger charge is 2.23. The van der Waals surface area contributed by atoms with Gasteiger partial charge in [-0.2, -0.15) is 0 Å². The first-order valence-electron chi connectivity index (χ1n) is 10.5. The number of aromatic amines is 1. The second kappa shape index (κ2) is 10.4. The molecule has 0 aliphatic rings. The normalized spacial score (nSPS) is 10.7. The van der Waals surface area contributed by atoms with Gasteiger partial charge in [-0.1, -0.05) is 48.0 Å². The van der Waals surface area contributed by atoms with Crippen LogP contribution in [-0.2, 0) is 17.8 Å². The zero-order chi connectivity index (χ0) is 23.3. The SMILES string of the molecule is CCOC(=O)c1c(C)[nH]c(CN(Cc2ccccc2)C(=O)Nc2ccc(C)c(Cl)c2)c1C. The van der Waals surface area contributed by atoms with Crippen molar-refractivity contribution in [1.82, 2.24) is 9.88 Å². The Morgan fingerprint density at radius 2 is 1.78 bits per heavy atom. The minimum absolute atomic E-state index is 0.266. The molecule has 2 aromatic carbocycles. The summed E-state index contributed by atoms with van der Waals surface area (Å²) in [7, 11) is 0. The van der Waals surface area contributed by atoms with Crippen molar-refractivity contribution in [2.24, 2.45) is 0 Å². The van der Waals surface area contributed by atoms with Crippen molar-refractivity contribution in [3.63, 3.8) is 0 Å². The van der Waals surface area contributed by atoms with Crippen LogP contribution < -0.4 is 5.32 Å². The van der Waals surface area contributed by atoms with E-state index >= 15 is 0 Å². The molecule has 0 radical (unpaired) electrons. The van der Waals surface area contributed by atoms with Gasteiger partial charge in [0, 0.05) is 28.6 Å². The molecule has 0 saturated carbocycles. The minimum Gasteiger partial charge on any atom is -0.462 e. The Bertz CT molecular complexity index is 1110. The molecule has 0 atom stereocenters. The van der Waals surface area contributed by atoms with Gasteiger partial charge >= 0.3 is 12.0 Å². The van der Waals surface area contributed by atoms with E-state index in [-0.39, 0.29) is 12.0 Å². The van der Waals surface area contributed by atoms with Gasteiger partial charge in [-0.15, -0.1) is 0 Å². The second-order valence-corrected chi connectivity index (χ2v) is 8.09. The van der Waals surface area contributed by atoms with E-state index in [1.54, 1.807) is 17.9 Å². The Labute approximate surface area is 193 Å². The first-order chi connectivity index (χ1) is 15.3. The van der Waals surface area contributed by atoms with Gasteiger partial charge in [0.1, 0.15) is 0 Å². The zero-order valence-corrected chi connectivity index (χ0v) is 19.5. The summed E-state index contributed by atoms with van der Waals surface area (Å²) in [5.41, 5.74) is 5.37. The van der Waals surface area contributed by atoms with Crippen LogP contribution in [0.4, 0.5) is 10.5 Å². The number of ether oxygens (including phenoxy) is 1. The minimum atomic E-state index is -0.363. The Balaban J connectivity index is 1.88. The standard InChI is InChI=1S/C25H28ClN3O3/c1-5-32-24(30)23-17(3)22(27-18(23)4)15-29(14-19-9-7-6-8-10-19)25(31)28-20-12-11-16(2)21(26)13-20/h6-13,27H,5,14-15H2,1-4H3,(H,28,31). The molecule has 0 bridgehead atoms. The Morgan fingerprint density at radius 3 is 2.44 bits per heavy atom. The quantitative estimate of drug-likeness (QED) is 0.430. The summed E-state index contributed by atoms with van der Waals surface area (Å²) in [6.45, 7) is 8.39. The Morgan fingerprint density at radius 1 is 1.06 bits per heavy atom. The molecule has 32 heavy (non-hydrogen) atoms. The first kappa shape index (κ1) is 23.4. The lowest BCUT2D eigenvalue weighted by atomic mass is 10.1. The largest absolute Gasteiger partial charge is 0.462 e. The fourth-order valence-electron chi connectivity index (χ4n) is 3.55. The molecule has 168 valence electrons. The van der Waals surface area contributed by atoms with Gasteiger partial charge in [0.25, 0.3) is 0 Å². The van der Waals surface area contributed by atoms with E-state index in [9.17, 15) is 9.59 Å². The molecule has 6 nitrogen and oxygen atoms in total. The predicted octanol–water partition coefficient (Wildman–Crippen LogP) is 6.00. The second-order valence-electron chi connectivity index (χ2n) is 7.68. The van der Waals surface area contributed by atoms with Crippen LogP contribution in [0, 0.1) is 20.8 Å². The fourth-order valence-corrected chi connectivity index (χ4v) is 3.73. The average Bonchev–Trinajstić information content (AvgIpc) is 3.04. The van der Waals surface area contributed by atoms with Crippen LogP contribution in [0.15, 0.2) is 48.5 Å². The van der Waals surface area contributed by atoms with Crippen LogP contribution in [0.25, 0.3) is 0 Å². The number of esters is 1.